The van der Waals surface area contributed by atoms with Gasteiger partial charge in [-0.25, -0.2) is 0 Å². The van der Waals surface area contributed by atoms with Gasteiger partial charge in [-0.05, 0) is 37.1 Å². The van der Waals surface area contributed by atoms with Crippen molar-refractivity contribution in [3.63, 3.8) is 0 Å². The highest BCUT2D eigenvalue weighted by molar-refractivity contribution is 6.22. The fourth-order valence-electron chi connectivity index (χ4n) is 3.39. The van der Waals surface area contributed by atoms with E-state index in [1.54, 1.807) is 19.9 Å². The summed E-state index contributed by atoms with van der Waals surface area (Å²) in [4.78, 5) is 26.4. The molecule has 0 radical (unpaired) electrons. The van der Waals surface area contributed by atoms with E-state index in [4.69, 9.17) is 0 Å². The lowest BCUT2D eigenvalue weighted by atomic mass is 10.0. The minimum absolute atomic E-state index is 0.136. The molecule has 0 aliphatic heterocycles. The van der Waals surface area contributed by atoms with E-state index in [-0.39, 0.29) is 29.0 Å². The molecule has 2 amide bonds. The lowest BCUT2D eigenvalue weighted by molar-refractivity contribution is -0.124. The molecule has 0 aromatic heterocycles. The first-order valence-electron chi connectivity index (χ1n) is 10.8. The van der Waals surface area contributed by atoms with Crippen LogP contribution in [0.5, 0.6) is 5.75 Å². The lowest BCUT2D eigenvalue weighted by Gasteiger charge is -2.19. The topological polar surface area (TPSA) is 67.4 Å². The summed E-state index contributed by atoms with van der Waals surface area (Å²) in [5.74, 6) is -1.41. The summed E-state index contributed by atoms with van der Waals surface area (Å²) in [5.41, 5.74) is 1.67. The summed E-state index contributed by atoms with van der Waals surface area (Å²) in [6.45, 7) is 0.545. The second-order valence-electron chi connectivity index (χ2n) is 7.69. The molecule has 3 aromatic carbocycles. The Morgan fingerprint density at radius 2 is 1.18 bits per heavy atom. The number of para-hydroxylation sites is 1. The van der Waals surface area contributed by atoms with Gasteiger partial charge in [0.1, 0.15) is 11.3 Å². The first-order valence-corrected chi connectivity index (χ1v) is 10.8. The molecule has 0 heterocycles. The van der Waals surface area contributed by atoms with Gasteiger partial charge in [0.2, 0.25) is 0 Å². The Hall–Kier alpha value is -4.00. The molecule has 176 valence electrons. The van der Waals surface area contributed by atoms with Crippen LogP contribution in [-0.4, -0.2) is 18.4 Å². The number of nitrogens with one attached hydrogen (secondary N) is 2. The Labute approximate surface area is 197 Å². The number of carbonyl (C=O) groups excluding carboxylic acids is 2. The van der Waals surface area contributed by atoms with E-state index in [1.807, 2.05) is 60.7 Å². The van der Waals surface area contributed by atoms with E-state index in [2.05, 4.69) is 15.4 Å². The van der Waals surface area contributed by atoms with E-state index >= 15 is 0 Å². The first-order chi connectivity index (χ1) is 16.3. The van der Waals surface area contributed by atoms with Gasteiger partial charge in [-0.2, -0.15) is 8.78 Å². The summed E-state index contributed by atoms with van der Waals surface area (Å²) in [5, 5.41) is 5.63. The Bertz CT molecular complexity index is 1070. The van der Waals surface area contributed by atoms with E-state index < -0.39 is 18.4 Å². The molecular weight excluding hydrogens is 438 g/mol. The van der Waals surface area contributed by atoms with E-state index in [0.717, 1.165) is 11.1 Å². The molecule has 34 heavy (non-hydrogen) atoms. The number of benzene rings is 3. The van der Waals surface area contributed by atoms with Crippen molar-refractivity contribution in [2.24, 2.45) is 0 Å². The summed E-state index contributed by atoms with van der Waals surface area (Å²) >= 11 is 0. The van der Waals surface area contributed by atoms with Gasteiger partial charge in [0.05, 0.1) is 12.1 Å². The van der Waals surface area contributed by atoms with Gasteiger partial charge in [0.15, 0.2) is 0 Å². The third kappa shape index (κ3) is 6.75. The summed E-state index contributed by atoms with van der Waals surface area (Å²) in [6, 6.07) is 23.8. The molecule has 0 fully saturated rings. The van der Waals surface area contributed by atoms with Crippen LogP contribution in [0.3, 0.4) is 0 Å². The van der Waals surface area contributed by atoms with Crippen molar-refractivity contribution in [2.75, 3.05) is 0 Å². The van der Waals surface area contributed by atoms with Crippen LogP contribution in [0, 0.1) is 0 Å². The monoisotopic (exact) mass is 464 g/mol. The zero-order valence-electron chi connectivity index (χ0n) is 18.9. The summed E-state index contributed by atoms with van der Waals surface area (Å²) in [7, 11) is 0. The van der Waals surface area contributed by atoms with E-state index in [9.17, 15) is 18.4 Å². The van der Waals surface area contributed by atoms with Crippen molar-refractivity contribution in [2.45, 2.75) is 32.5 Å². The van der Waals surface area contributed by atoms with Crippen LogP contribution in [0.25, 0.3) is 6.08 Å². The van der Waals surface area contributed by atoms with Crippen LogP contribution >= 0.6 is 0 Å². The minimum Gasteiger partial charge on any atom is -0.434 e. The van der Waals surface area contributed by atoms with Crippen LogP contribution in [0.1, 0.15) is 42.6 Å². The molecule has 0 aliphatic rings. The molecule has 2 N–H and O–H groups in total. The molecule has 0 bridgehead atoms. The van der Waals surface area contributed by atoms with Gasteiger partial charge < -0.3 is 15.4 Å². The summed E-state index contributed by atoms with van der Waals surface area (Å²) < 4.78 is 30.3. The molecule has 0 saturated carbocycles. The average molecular weight is 465 g/mol. The van der Waals surface area contributed by atoms with Gasteiger partial charge in [0, 0.05) is 5.56 Å². The van der Waals surface area contributed by atoms with Gasteiger partial charge in [0.25, 0.3) is 11.8 Å². The van der Waals surface area contributed by atoms with Gasteiger partial charge in [-0.1, -0.05) is 78.9 Å². The summed E-state index contributed by atoms with van der Waals surface area (Å²) in [6.07, 6.45) is 1.26. The van der Waals surface area contributed by atoms with Crippen molar-refractivity contribution in [3.05, 3.63) is 107 Å². The van der Waals surface area contributed by atoms with Gasteiger partial charge in [-0.3, -0.25) is 9.59 Å². The Kier molecular flexibility index (Phi) is 8.51. The van der Waals surface area contributed by atoms with Crippen LogP contribution in [0.4, 0.5) is 8.78 Å². The fraction of sp³-hybridized carbons (Fsp3) is 0.185. The van der Waals surface area contributed by atoms with Crippen LogP contribution in [-0.2, 0) is 9.59 Å². The normalized spacial score (nSPS) is 12.4. The number of carbonyl (C=O) groups is 2. The number of halogens is 2. The molecular formula is C27H26F2N2O3. The molecule has 0 saturated heterocycles. The second kappa shape index (κ2) is 11.7. The predicted octanol–water partition coefficient (Wildman–Crippen LogP) is 5.43. The maximum absolute atomic E-state index is 13.2. The largest absolute Gasteiger partial charge is 0.434 e. The van der Waals surface area contributed by atoms with Crippen molar-refractivity contribution in [1.29, 1.82) is 0 Å². The number of rotatable bonds is 9. The maximum Gasteiger partial charge on any atom is 0.387 e. The Balaban J connectivity index is 1.92. The molecule has 2 atom stereocenters. The van der Waals surface area contributed by atoms with Crippen molar-refractivity contribution >= 4 is 17.9 Å². The maximum atomic E-state index is 13.2. The number of amides is 2. The minimum atomic E-state index is -3.04. The molecule has 3 rings (SSSR count). The number of ether oxygens (including phenoxy) is 1. The van der Waals surface area contributed by atoms with Crippen molar-refractivity contribution in [3.8, 4) is 5.75 Å². The fourth-order valence-corrected chi connectivity index (χ4v) is 3.39. The predicted molar refractivity (Wildman–Crippen MR) is 127 cm³/mol. The highest BCUT2D eigenvalue weighted by atomic mass is 19.3. The average Bonchev–Trinajstić information content (AvgIpc) is 2.84. The lowest BCUT2D eigenvalue weighted by Crippen LogP contribution is -2.36. The van der Waals surface area contributed by atoms with Crippen molar-refractivity contribution < 1.29 is 23.1 Å². The van der Waals surface area contributed by atoms with Crippen LogP contribution < -0.4 is 15.4 Å². The van der Waals surface area contributed by atoms with Crippen LogP contribution in [0.15, 0.2) is 90.5 Å². The second-order valence-corrected chi connectivity index (χ2v) is 7.69. The number of alkyl halides is 2. The third-order valence-corrected chi connectivity index (χ3v) is 5.22. The Morgan fingerprint density at radius 1 is 0.735 bits per heavy atom. The standard InChI is InChI=1S/C27H26F2N2O3/c1-18(20-11-5-3-6-12-20)30-25(32)23(17-22-15-9-10-16-24(22)34-27(28)29)26(33)31-19(2)21-13-7-4-8-14-21/h3-19,27H,1-2H3,(H,30,32)(H,31,33)/t18-,19-/m1/s1. The number of hydrogen-bond acceptors (Lipinski definition) is 3. The molecule has 0 spiro atoms. The van der Waals surface area contributed by atoms with E-state index in [1.165, 1.54) is 24.3 Å². The van der Waals surface area contributed by atoms with Gasteiger partial charge in [-0.15, -0.1) is 0 Å². The molecule has 0 aliphatic carbocycles. The molecule has 5 nitrogen and oxygen atoms in total. The van der Waals surface area contributed by atoms with E-state index in [0.29, 0.717) is 0 Å². The smallest absolute Gasteiger partial charge is 0.387 e. The SMILES string of the molecule is C[C@@H](NC(=O)C(=Cc1ccccc1OC(F)F)C(=O)N[C@H](C)c1ccccc1)c1ccccc1. The van der Waals surface area contributed by atoms with Gasteiger partial charge >= 0.3 is 6.61 Å². The number of hydrogen-bond donors (Lipinski definition) is 2. The quantitative estimate of drug-likeness (QED) is 0.252. The highest BCUT2D eigenvalue weighted by Crippen LogP contribution is 2.24. The molecule has 7 heteroatoms. The zero-order valence-corrected chi connectivity index (χ0v) is 18.9. The highest BCUT2D eigenvalue weighted by Gasteiger charge is 2.23. The zero-order chi connectivity index (χ0) is 24.5. The third-order valence-electron chi connectivity index (χ3n) is 5.22. The van der Waals surface area contributed by atoms with Crippen molar-refractivity contribution in [1.82, 2.24) is 10.6 Å². The Morgan fingerprint density at radius 3 is 1.65 bits per heavy atom. The molecule has 0 unspecified atom stereocenters. The first kappa shape index (κ1) is 24.6. The van der Waals surface area contributed by atoms with Crippen LogP contribution in [0.2, 0.25) is 0 Å². The molecule has 3 aromatic rings.